The molecule has 2 rings (SSSR count). The highest BCUT2D eigenvalue weighted by Gasteiger charge is 2.15. The molecule has 27 heavy (non-hydrogen) atoms. The van der Waals surface area contributed by atoms with Gasteiger partial charge < -0.3 is 10.2 Å². The van der Waals surface area contributed by atoms with Crippen LogP contribution in [-0.4, -0.2) is 46.4 Å². The first-order valence-corrected chi connectivity index (χ1v) is 10.0. The van der Waals surface area contributed by atoms with Crippen molar-refractivity contribution < 1.29 is 17.6 Å². The van der Waals surface area contributed by atoms with E-state index in [1.165, 1.54) is 42.5 Å². The molecular formula is C19H24FN3O3S. The fraction of sp³-hybridized carbons (Fsp3) is 0.316. The van der Waals surface area contributed by atoms with Gasteiger partial charge in [0.1, 0.15) is 5.82 Å². The number of carbonyl (C=O) groups excluding carboxylic acids is 1. The van der Waals surface area contributed by atoms with E-state index in [1.807, 2.05) is 19.0 Å². The molecule has 6 nitrogen and oxygen atoms in total. The maximum absolute atomic E-state index is 13.6. The summed E-state index contributed by atoms with van der Waals surface area (Å²) >= 11 is 0. The predicted molar refractivity (Wildman–Crippen MR) is 102 cm³/mol. The zero-order chi connectivity index (χ0) is 19.9. The molecule has 0 saturated carbocycles. The first kappa shape index (κ1) is 21.0. The van der Waals surface area contributed by atoms with E-state index in [-0.39, 0.29) is 22.9 Å². The summed E-state index contributed by atoms with van der Waals surface area (Å²) in [4.78, 5) is 14.1. The summed E-state index contributed by atoms with van der Waals surface area (Å²) < 4.78 is 40.6. The number of benzene rings is 2. The zero-order valence-electron chi connectivity index (χ0n) is 15.4. The van der Waals surface area contributed by atoms with E-state index in [2.05, 4.69) is 10.0 Å². The lowest BCUT2D eigenvalue weighted by Gasteiger charge is -2.10. The molecule has 0 radical (unpaired) electrons. The van der Waals surface area contributed by atoms with Crippen molar-refractivity contribution in [1.29, 1.82) is 0 Å². The maximum Gasteiger partial charge on any atom is 0.251 e. The molecule has 0 spiro atoms. The number of nitrogens with zero attached hydrogens (tertiary/aromatic N) is 1. The number of hydrogen-bond acceptors (Lipinski definition) is 4. The Kier molecular flexibility index (Phi) is 7.46. The van der Waals surface area contributed by atoms with Crippen LogP contribution in [0.4, 0.5) is 4.39 Å². The van der Waals surface area contributed by atoms with Gasteiger partial charge >= 0.3 is 0 Å². The van der Waals surface area contributed by atoms with Gasteiger partial charge in [0.2, 0.25) is 10.0 Å². The minimum atomic E-state index is -3.80. The quantitative estimate of drug-likeness (QED) is 0.639. The fourth-order valence-corrected chi connectivity index (χ4v) is 3.39. The van der Waals surface area contributed by atoms with E-state index < -0.39 is 15.8 Å². The standard InChI is InChI=1S/C19H24FN3O3S/c1-23(2)13-5-12-21-19(24)15-8-10-17(11-9-15)27(25,26)22-14-16-6-3-4-7-18(16)20/h3-4,6-11,22H,5,12-14H2,1-2H3,(H,21,24). The topological polar surface area (TPSA) is 78.5 Å². The van der Waals surface area contributed by atoms with Crippen molar-refractivity contribution in [2.45, 2.75) is 17.9 Å². The van der Waals surface area contributed by atoms with Crippen LogP contribution in [0.5, 0.6) is 0 Å². The normalized spacial score (nSPS) is 11.6. The van der Waals surface area contributed by atoms with Crippen LogP contribution in [0.2, 0.25) is 0 Å². The number of nitrogens with one attached hydrogen (secondary N) is 2. The Morgan fingerprint density at radius 1 is 1.07 bits per heavy atom. The highest BCUT2D eigenvalue weighted by Crippen LogP contribution is 2.12. The third-order valence-corrected chi connectivity index (χ3v) is 5.32. The minimum absolute atomic E-state index is 0.0167. The molecule has 2 aromatic carbocycles. The lowest BCUT2D eigenvalue weighted by molar-refractivity contribution is 0.0952. The molecule has 2 aromatic rings. The number of rotatable bonds is 9. The van der Waals surface area contributed by atoms with Gasteiger partial charge in [-0.05, 0) is 57.4 Å². The third kappa shape index (κ3) is 6.42. The van der Waals surface area contributed by atoms with Crippen molar-refractivity contribution in [3.8, 4) is 0 Å². The van der Waals surface area contributed by atoms with Crippen molar-refractivity contribution >= 4 is 15.9 Å². The lowest BCUT2D eigenvalue weighted by atomic mass is 10.2. The molecule has 0 saturated heterocycles. The number of sulfonamides is 1. The van der Waals surface area contributed by atoms with E-state index >= 15 is 0 Å². The summed E-state index contributed by atoms with van der Waals surface area (Å²) in [6, 6.07) is 11.6. The first-order chi connectivity index (χ1) is 12.8. The molecule has 0 unspecified atom stereocenters. The van der Waals surface area contributed by atoms with E-state index in [0.717, 1.165) is 13.0 Å². The number of carbonyl (C=O) groups is 1. The van der Waals surface area contributed by atoms with Crippen molar-refractivity contribution in [3.05, 3.63) is 65.5 Å². The average molecular weight is 393 g/mol. The molecule has 0 aliphatic rings. The summed E-state index contributed by atoms with van der Waals surface area (Å²) in [7, 11) is 0.117. The summed E-state index contributed by atoms with van der Waals surface area (Å²) in [5.41, 5.74) is 0.641. The van der Waals surface area contributed by atoms with Crippen LogP contribution in [0.25, 0.3) is 0 Å². The predicted octanol–water partition coefficient (Wildman–Crippen LogP) is 1.99. The second-order valence-electron chi connectivity index (χ2n) is 6.35. The Hall–Kier alpha value is -2.29. The Morgan fingerprint density at radius 3 is 2.37 bits per heavy atom. The first-order valence-electron chi connectivity index (χ1n) is 8.55. The van der Waals surface area contributed by atoms with Gasteiger partial charge in [-0.25, -0.2) is 17.5 Å². The highest BCUT2D eigenvalue weighted by molar-refractivity contribution is 7.89. The second-order valence-corrected chi connectivity index (χ2v) is 8.12. The van der Waals surface area contributed by atoms with Crippen LogP contribution >= 0.6 is 0 Å². The number of hydrogen-bond donors (Lipinski definition) is 2. The molecule has 2 N–H and O–H groups in total. The molecule has 146 valence electrons. The third-order valence-electron chi connectivity index (χ3n) is 3.90. The molecule has 0 aliphatic carbocycles. The van der Waals surface area contributed by atoms with Gasteiger partial charge in [-0.2, -0.15) is 0 Å². The summed E-state index contributed by atoms with van der Waals surface area (Å²) in [5.74, 6) is -0.724. The Bertz CT molecular complexity index is 868. The largest absolute Gasteiger partial charge is 0.352 e. The molecular weight excluding hydrogens is 369 g/mol. The van der Waals surface area contributed by atoms with Crippen LogP contribution in [0.1, 0.15) is 22.3 Å². The fourth-order valence-electron chi connectivity index (χ4n) is 2.38. The van der Waals surface area contributed by atoms with Crippen LogP contribution in [-0.2, 0) is 16.6 Å². The minimum Gasteiger partial charge on any atom is -0.352 e. The van der Waals surface area contributed by atoms with Gasteiger partial charge in [-0.15, -0.1) is 0 Å². The van der Waals surface area contributed by atoms with Crippen LogP contribution in [0.15, 0.2) is 53.4 Å². The smallest absolute Gasteiger partial charge is 0.251 e. The Labute approximate surface area is 159 Å². The maximum atomic E-state index is 13.6. The van der Waals surface area contributed by atoms with Gasteiger partial charge in [-0.3, -0.25) is 4.79 Å². The van der Waals surface area contributed by atoms with E-state index in [1.54, 1.807) is 6.07 Å². The molecule has 0 fully saturated rings. The van der Waals surface area contributed by atoms with E-state index in [9.17, 15) is 17.6 Å². The molecule has 1 amide bonds. The Morgan fingerprint density at radius 2 is 1.74 bits per heavy atom. The SMILES string of the molecule is CN(C)CCCNC(=O)c1ccc(S(=O)(=O)NCc2ccccc2F)cc1. The van der Waals surface area contributed by atoms with Gasteiger partial charge in [0.25, 0.3) is 5.91 Å². The molecule has 0 atom stereocenters. The Balaban J connectivity index is 1.94. The molecule has 0 aromatic heterocycles. The monoisotopic (exact) mass is 393 g/mol. The molecule has 0 heterocycles. The van der Waals surface area contributed by atoms with Crippen molar-refractivity contribution in [3.63, 3.8) is 0 Å². The van der Waals surface area contributed by atoms with Gasteiger partial charge in [-0.1, -0.05) is 18.2 Å². The molecule has 0 bridgehead atoms. The summed E-state index contributed by atoms with van der Waals surface area (Å²) in [6.07, 6.45) is 0.825. The lowest BCUT2D eigenvalue weighted by Crippen LogP contribution is -2.27. The second kappa shape index (κ2) is 9.59. The van der Waals surface area contributed by atoms with Crippen LogP contribution in [0, 0.1) is 5.82 Å². The number of amides is 1. The van der Waals surface area contributed by atoms with Crippen molar-refractivity contribution in [2.24, 2.45) is 0 Å². The average Bonchev–Trinajstić information content (AvgIpc) is 2.64. The van der Waals surface area contributed by atoms with Gasteiger partial charge in [0.15, 0.2) is 0 Å². The summed E-state index contributed by atoms with van der Waals surface area (Å²) in [5, 5.41) is 2.79. The van der Waals surface area contributed by atoms with Crippen LogP contribution < -0.4 is 10.0 Å². The van der Waals surface area contributed by atoms with Crippen molar-refractivity contribution in [2.75, 3.05) is 27.2 Å². The molecule has 0 aliphatic heterocycles. The summed E-state index contributed by atoms with van der Waals surface area (Å²) in [6.45, 7) is 1.26. The van der Waals surface area contributed by atoms with Crippen LogP contribution in [0.3, 0.4) is 0 Å². The van der Waals surface area contributed by atoms with Gasteiger partial charge in [0.05, 0.1) is 4.90 Å². The highest BCUT2D eigenvalue weighted by atomic mass is 32.2. The molecule has 8 heteroatoms. The number of halogens is 1. The zero-order valence-corrected chi connectivity index (χ0v) is 16.2. The van der Waals surface area contributed by atoms with E-state index in [0.29, 0.717) is 12.1 Å². The van der Waals surface area contributed by atoms with E-state index in [4.69, 9.17) is 0 Å². The van der Waals surface area contributed by atoms with Gasteiger partial charge in [0, 0.05) is 24.2 Å². The van der Waals surface area contributed by atoms with Crippen molar-refractivity contribution in [1.82, 2.24) is 14.9 Å².